The number of hydrogen-bond acceptors (Lipinski definition) is 2. The third-order valence-electron chi connectivity index (χ3n) is 2.26. The molecule has 0 fully saturated rings. The van der Waals surface area contributed by atoms with Gasteiger partial charge in [-0.2, -0.15) is 0 Å². The van der Waals surface area contributed by atoms with Crippen LogP contribution in [0.1, 0.15) is 25.3 Å². The van der Waals surface area contributed by atoms with Crippen LogP contribution in [0.4, 0.5) is 0 Å². The van der Waals surface area contributed by atoms with E-state index in [0.29, 0.717) is 0 Å². The smallest absolute Gasteiger partial charge is 0.166 e. The molecule has 1 aromatic rings. The van der Waals surface area contributed by atoms with Crippen LogP contribution >= 0.6 is 12.2 Å². The first-order valence-corrected chi connectivity index (χ1v) is 6.14. The van der Waals surface area contributed by atoms with E-state index in [2.05, 4.69) is 22.5 Å². The lowest BCUT2D eigenvalue weighted by Gasteiger charge is -2.09. The molecule has 0 radical (unpaired) electrons. The minimum Gasteiger partial charge on any atom is -0.363 e. The van der Waals surface area contributed by atoms with Gasteiger partial charge in [0.15, 0.2) is 5.11 Å². The lowest BCUT2D eigenvalue weighted by Crippen LogP contribution is -2.36. The number of nitrogens with zero attached hydrogens (tertiary/aromatic N) is 1. The molecule has 0 atom stereocenters. The van der Waals surface area contributed by atoms with Crippen LogP contribution < -0.4 is 10.6 Å². The fourth-order valence-corrected chi connectivity index (χ4v) is 1.52. The monoisotopic (exact) mass is 237 g/mol. The zero-order valence-corrected chi connectivity index (χ0v) is 10.5. The maximum absolute atomic E-state index is 5.15. The number of unbranched alkanes of at least 4 members (excludes halogenated alkanes) is 1. The van der Waals surface area contributed by atoms with Gasteiger partial charge in [0.05, 0.1) is 0 Å². The van der Waals surface area contributed by atoms with Crippen molar-refractivity contribution in [3.05, 3.63) is 30.1 Å². The maximum Gasteiger partial charge on any atom is 0.166 e. The molecule has 0 aliphatic rings. The van der Waals surface area contributed by atoms with Crippen molar-refractivity contribution in [2.75, 3.05) is 13.1 Å². The summed E-state index contributed by atoms with van der Waals surface area (Å²) in [6, 6.07) is 4.05. The molecule has 0 aliphatic carbocycles. The van der Waals surface area contributed by atoms with Crippen molar-refractivity contribution >= 4 is 17.3 Å². The molecule has 2 N–H and O–H groups in total. The summed E-state index contributed by atoms with van der Waals surface area (Å²) < 4.78 is 0. The van der Waals surface area contributed by atoms with Crippen LogP contribution in [-0.4, -0.2) is 23.2 Å². The first-order chi connectivity index (χ1) is 7.83. The molecule has 0 saturated heterocycles. The third kappa shape index (κ3) is 5.66. The second-order valence-electron chi connectivity index (χ2n) is 3.64. The van der Waals surface area contributed by atoms with Gasteiger partial charge in [-0.1, -0.05) is 13.3 Å². The molecule has 0 amide bonds. The van der Waals surface area contributed by atoms with Crippen LogP contribution in [0.15, 0.2) is 24.5 Å². The predicted octanol–water partition coefficient (Wildman–Crippen LogP) is 1.89. The second-order valence-corrected chi connectivity index (χ2v) is 4.05. The van der Waals surface area contributed by atoms with E-state index in [1.807, 2.05) is 24.5 Å². The van der Waals surface area contributed by atoms with Crippen LogP contribution in [0.3, 0.4) is 0 Å². The molecule has 0 bridgehead atoms. The van der Waals surface area contributed by atoms with E-state index in [9.17, 15) is 0 Å². The van der Waals surface area contributed by atoms with Crippen LogP contribution in [0.2, 0.25) is 0 Å². The number of pyridine rings is 1. The van der Waals surface area contributed by atoms with E-state index < -0.39 is 0 Å². The molecule has 3 nitrogen and oxygen atoms in total. The fourth-order valence-electron chi connectivity index (χ4n) is 1.31. The van der Waals surface area contributed by atoms with Gasteiger partial charge < -0.3 is 10.6 Å². The maximum atomic E-state index is 5.15. The Hall–Kier alpha value is -1.16. The lowest BCUT2D eigenvalue weighted by molar-refractivity contribution is 0.737. The zero-order chi connectivity index (χ0) is 11.6. The van der Waals surface area contributed by atoms with Crippen molar-refractivity contribution in [3.8, 4) is 0 Å². The molecule has 1 heterocycles. The Balaban J connectivity index is 2.09. The SMILES string of the molecule is CCCCNC(=S)NCCc1ccncc1. The third-order valence-corrected chi connectivity index (χ3v) is 2.55. The predicted molar refractivity (Wildman–Crippen MR) is 71.5 cm³/mol. The summed E-state index contributed by atoms with van der Waals surface area (Å²) in [4.78, 5) is 3.98. The molecule has 1 aromatic heterocycles. The zero-order valence-electron chi connectivity index (χ0n) is 9.70. The Morgan fingerprint density at radius 1 is 1.25 bits per heavy atom. The second kappa shape index (κ2) is 8.05. The Morgan fingerprint density at radius 2 is 1.94 bits per heavy atom. The highest BCUT2D eigenvalue weighted by molar-refractivity contribution is 7.80. The van der Waals surface area contributed by atoms with Gasteiger partial charge >= 0.3 is 0 Å². The normalized spacial score (nSPS) is 9.81. The Kier molecular flexibility index (Phi) is 6.49. The van der Waals surface area contributed by atoms with E-state index in [-0.39, 0.29) is 0 Å². The fraction of sp³-hybridized carbons (Fsp3) is 0.500. The van der Waals surface area contributed by atoms with E-state index in [1.54, 1.807) is 0 Å². The summed E-state index contributed by atoms with van der Waals surface area (Å²) in [6.45, 7) is 3.99. The Bertz CT molecular complexity index is 300. The number of aromatic nitrogens is 1. The average molecular weight is 237 g/mol. The number of rotatable bonds is 6. The Labute approximate surface area is 103 Å². The highest BCUT2D eigenvalue weighted by Gasteiger charge is 1.95. The Morgan fingerprint density at radius 3 is 2.62 bits per heavy atom. The topological polar surface area (TPSA) is 37.0 Å². The van der Waals surface area contributed by atoms with E-state index in [0.717, 1.165) is 31.0 Å². The van der Waals surface area contributed by atoms with Gasteiger partial charge in [-0.15, -0.1) is 0 Å². The largest absolute Gasteiger partial charge is 0.363 e. The summed E-state index contributed by atoms with van der Waals surface area (Å²) in [5, 5.41) is 7.12. The molecule has 0 spiro atoms. The number of hydrogen-bond donors (Lipinski definition) is 2. The molecule has 0 aromatic carbocycles. The number of nitrogens with one attached hydrogen (secondary N) is 2. The average Bonchev–Trinajstić information content (AvgIpc) is 2.31. The molecule has 16 heavy (non-hydrogen) atoms. The molecule has 0 saturated carbocycles. The molecule has 0 unspecified atom stereocenters. The van der Waals surface area contributed by atoms with Crippen molar-refractivity contribution in [1.82, 2.24) is 15.6 Å². The summed E-state index contributed by atoms with van der Waals surface area (Å²) in [5.74, 6) is 0. The van der Waals surface area contributed by atoms with Crippen LogP contribution in [0, 0.1) is 0 Å². The van der Waals surface area contributed by atoms with Gasteiger partial charge in [0, 0.05) is 25.5 Å². The molecular weight excluding hydrogens is 218 g/mol. The molecule has 1 rings (SSSR count). The van der Waals surface area contributed by atoms with Gasteiger partial charge in [0.1, 0.15) is 0 Å². The van der Waals surface area contributed by atoms with E-state index in [1.165, 1.54) is 12.0 Å². The van der Waals surface area contributed by atoms with Crippen LogP contribution in [-0.2, 0) is 6.42 Å². The molecule has 0 aliphatic heterocycles. The summed E-state index contributed by atoms with van der Waals surface area (Å²) >= 11 is 5.15. The minimum absolute atomic E-state index is 0.752. The summed E-state index contributed by atoms with van der Waals surface area (Å²) in [6.07, 6.45) is 6.94. The number of thiocarbonyl (C=S) groups is 1. The standard InChI is InChI=1S/C12H19N3S/c1-2-3-7-14-12(16)15-10-6-11-4-8-13-9-5-11/h4-5,8-9H,2-3,6-7,10H2,1H3,(H2,14,15,16). The van der Waals surface area contributed by atoms with Crippen molar-refractivity contribution in [1.29, 1.82) is 0 Å². The van der Waals surface area contributed by atoms with Gasteiger partial charge in [-0.25, -0.2) is 0 Å². The van der Waals surface area contributed by atoms with Crippen molar-refractivity contribution in [3.63, 3.8) is 0 Å². The van der Waals surface area contributed by atoms with Gasteiger partial charge in [-0.3, -0.25) is 4.98 Å². The lowest BCUT2D eigenvalue weighted by atomic mass is 10.2. The highest BCUT2D eigenvalue weighted by atomic mass is 32.1. The highest BCUT2D eigenvalue weighted by Crippen LogP contribution is 1.95. The van der Waals surface area contributed by atoms with Gasteiger partial charge in [0.25, 0.3) is 0 Å². The first kappa shape index (κ1) is 12.9. The van der Waals surface area contributed by atoms with E-state index in [4.69, 9.17) is 12.2 Å². The van der Waals surface area contributed by atoms with Crippen LogP contribution in [0.25, 0.3) is 0 Å². The molecule has 88 valence electrons. The van der Waals surface area contributed by atoms with E-state index >= 15 is 0 Å². The van der Waals surface area contributed by atoms with Gasteiger partial charge in [-0.05, 0) is 42.8 Å². The summed E-state index contributed by atoms with van der Waals surface area (Å²) in [7, 11) is 0. The van der Waals surface area contributed by atoms with Crippen molar-refractivity contribution in [2.24, 2.45) is 0 Å². The summed E-state index contributed by atoms with van der Waals surface area (Å²) in [5.41, 5.74) is 1.28. The van der Waals surface area contributed by atoms with Crippen LogP contribution in [0.5, 0.6) is 0 Å². The minimum atomic E-state index is 0.752. The molecular formula is C12H19N3S. The van der Waals surface area contributed by atoms with Crippen molar-refractivity contribution < 1.29 is 0 Å². The first-order valence-electron chi connectivity index (χ1n) is 5.73. The molecule has 4 heteroatoms. The van der Waals surface area contributed by atoms with Crippen molar-refractivity contribution in [2.45, 2.75) is 26.2 Å². The van der Waals surface area contributed by atoms with Gasteiger partial charge in [0.2, 0.25) is 0 Å². The quantitative estimate of drug-likeness (QED) is 0.585.